The van der Waals surface area contributed by atoms with Crippen molar-refractivity contribution in [2.75, 3.05) is 38.1 Å². The molecule has 1 amide bonds. The van der Waals surface area contributed by atoms with Crippen LogP contribution in [0.15, 0.2) is 47.2 Å². The maximum absolute atomic E-state index is 12.5. The van der Waals surface area contributed by atoms with Crippen LogP contribution in [0.2, 0.25) is 0 Å². The lowest BCUT2D eigenvalue weighted by molar-refractivity contribution is 0.0914. The van der Waals surface area contributed by atoms with Gasteiger partial charge in [-0.25, -0.2) is 0 Å². The third-order valence-electron chi connectivity index (χ3n) is 5.01. The summed E-state index contributed by atoms with van der Waals surface area (Å²) in [6.45, 7) is 4.48. The summed E-state index contributed by atoms with van der Waals surface area (Å²) in [6, 6.07) is 9.83. The molecule has 1 saturated heterocycles. The minimum absolute atomic E-state index is 0.191. The summed E-state index contributed by atoms with van der Waals surface area (Å²) >= 11 is 0. The molecule has 0 bridgehead atoms. The Balaban J connectivity index is 1.42. The maximum Gasteiger partial charge on any atom is 0.290 e. The lowest BCUT2D eigenvalue weighted by Gasteiger charge is -2.35. The summed E-state index contributed by atoms with van der Waals surface area (Å²) in [5.41, 5.74) is 3.67. The van der Waals surface area contributed by atoms with Crippen molar-refractivity contribution in [2.24, 2.45) is 7.05 Å². The summed E-state index contributed by atoms with van der Waals surface area (Å²) in [4.78, 5) is 17.2. The molecule has 1 N–H and O–H groups in total. The van der Waals surface area contributed by atoms with Crippen LogP contribution in [-0.4, -0.2) is 59.0 Å². The van der Waals surface area contributed by atoms with Crippen LogP contribution in [0.3, 0.4) is 0 Å². The Bertz CT molecular complexity index is 955. The first-order chi connectivity index (χ1) is 13.6. The first kappa shape index (κ1) is 18.2. The molecule has 8 heteroatoms. The van der Waals surface area contributed by atoms with Crippen molar-refractivity contribution in [3.8, 4) is 11.3 Å². The number of carbonyl (C=O) groups excluding carboxylic acids is 1. The van der Waals surface area contributed by atoms with E-state index in [4.69, 9.17) is 4.52 Å². The Morgan fingerprint density at radius 3 is 2.71 bits per heavy atom. The number of anilines is 1. The van der Waals surface area contributed by atoms with Gasteiger partial charge in [-0.15, -0.1) is 0 Å². The highest BCUT2D eigenvalue weighted by atomic mass is 16.5. The number of rotatable bonds is 5. The van der Waals surface area contributed by atoms with Gasteiger partial charge in [0, 0.05) is 63.3 Å². The van der Waals surface area contributed by atoms with Crippen LogP contribution in [0.1, 0.15) is 16.1 Å². The second-order valence-corrected chi connectivity index (χ2v) is 7.08. The average molecular weight is 380 g/mol. The molecule has 1 aliphatic heterocycles. The quantitative estimate of drug-likeness (QED) is 0.727. The SMILES string of the molecule is CN1CCN(c2ccccc2CNC(=O)c2cc(-c3cnn(C)c3)no2)CC1. The zero-order valence-corrected chi connectivity index (χ0v) is 16.1. The second-order valence-electron chi connectivity index (χ2n) is 7.08. The molecule has 0 atom stereocenters. The van der Waals surface area contributed by atoms with E-state index < -0.39 is 0 Å². The molecule has 8 nitrogen and oxygen atoms in total. The number of aryl methyl sites for hydroxylation is 1. The molecule has 0 spiro atoms. The number of likely N-dealkylation sites (N-methyl/N-ethyl adjacent to an activating group) is 1. The van der Waals surface area contributed by atoms with Crippen molar-refractivity contribution in [1.29, 1.82) is 0 Å². The third kappa shape index (κ3) is 3.91. The van der Waals surface area contributed by atoms with Crippen molar-refractivity contribution in [1.82, 2.24) is 25.2 Å². The molecule has 0 saturated carbocycles. The lowest BCUT2D eigenvalue weighted by Crippen LogP contribution is -2.45. The van der Waals surface area contributed by atoms with Gasteiger partial charge in [0.15, 0.2) is 0 Å². The molecular weight excluding hydrogens is 356 g/mol. The number of nitrogens with zero attached hydrogens (tertiary/aromatic N) is 5. The van der Waals surface area contributed by atoms with Crippen LogP contribution in [0.25, 0.3) is 11.3 Å². The standard InChI is InChI=1S/C20H24N6O2/c1-24-7-9-26(10-8-24)18-6-4-3-5-15(18)12-21-20(27)19-11-17(23-28-19)16-13-22-25(2)14-16/h3-6,11,13-14H,7-10,12H2,1-2H3,(H,21,27). The van der Waals surface area contributed by atoms with Gasteiger partial charge < -0.3 is 19.6 Å². The molecule has 3 aromatic rings. The fourth-order valence-corrected chi connectivity index (χ4v) is 3.35. The molecule has 0 radical (unpaired) electrons. The molecule has 28 heavy (non-hydrogen) atoms. The molecule has 2 aromatic heterocycles. The number of hydrogen-bond acceptors (Lipinski definition) is 6. The molecule has 1 aliphatic rings. The van der Waals surface area contributed by atoms with Crippen molar-refractivity contribution >= 4 is 11.6 Å². The molecular formula is C20H24N6O2. The van der Waals surface area contributed by atoms with E-state index in [0.29, 0.717) is 12.2 Å². The smallest absolute Gasteiger partial charge is 0.290 e. The van der Waals surface area contributed by atoms with Crippen molar-refractivity contribution in [3.05, 3.63) is 54.0 Å². The van der Waals surface area contributed by atoms with Gasteiger partial charge in [-0.3, -0.25) is 9.48 Å². The largest absolute Gasteiger partial charge is 0.369 e. The second kappa shape index (κ2) is 7.85. The molecule has 146 valence electrons. The summed E-state index contributed by atoms with van der Waals surface area (Å²) in [6.07, 6.45) is 3.51. The lowest BCUT2D eigenvalue weighted by atomic mass is 10.1. The van der Waals surface area contributed by atoms with E-state index in [1.807, 2.05) is 25.4 Å². The van der Waals surface area contributed by atoms with Gasteiger partial charge in [-0.05, 0) is 18.7 Å². The van der Waals surface area contributed by atoms with E-state index in [2.05, 4.69) is 44.6 Å². The van der Waals surface area contributed by atoms with Gasteiger partial charge in [-0.2, -0.15) is 5.10 Å². The fourth-order valence-electron chi connectivity index (χ4n) is 3.35. The van der Waals surface area contributed by atoms with Crippen LogP contribution in [0.5, 0.6) is 0 Å². The van der Waals surface area contributed by atoms with E-state index in [1.54, 1.807) is 16.9 Å². The summed E-state index contributed by atoms with van der Waals surface area (Å²) in [7, 11) is 3.97. The summed E-state index contributed by atoms with van der Waals surface area (Å²) in [5, 5.41) is 11.0. The highest BCUT2D eigenvalue weighted by molar-refractivity contribution is 5.92. The minimum Gasteiger partial charge on any atom is -0.369 e. The molecule has 0 unspecified atom stereocenters. The topological polar surface area (TPSA) is 79.4 Å². The predicted molar refractivity (Wildman–Crippen MR) is 106 cm³/mol. The Kier molecular flexibility index (Phi) is 5.12. The summed E-state index contributed by atoms with van der Waals surface area (Å²) in [5.74, 6) is -0.0910. The molecule has 3 heterocycles. The number of hydrogen-bond donors (Lipinski definition) is 1. The Morgan fingerprint density at radius 2 is 1.96 bits per heavy atom. The average Bonchev–Trinajstić information content (AvgIpc) is 3.36. The minimum atomic E-state index is -0.282. The van der Waals surface area contributed by atoms with Gasteiger partial charge in [0.1, 0.15) is 5.69 Å². The number of para-hydroxylation sites is 1. The number of carbonyl (C=O) groups is 1. The van der Waals surface area contributed by atoms with Crippen LogP contribution in [-0.2, 0) is 13.6 Å². The fraction of sp³-hybridized carbons (Fsp3) is 0.350. The van der Waals surface area contributed by atoms with E-state index in [0.717, 1.165) is 37.3 Å². The predicted octanol–water partition coefficient (Wildman–Crippen LogP) is 1.76. The number of nitrogens with one attached hydrogen (secondary N) is 1. The van der Waals surface area contributed by atoms with E-state index in [1.165, 1.54) is 5.69 Å². The van der Waals surface area contributed by atoms with E-state index in [-0.39, 0.29) is 11.7 Å². The Hall–Kier alpha value is -3.13. The Morgan fingerprint density at radius 1 is 1.18 bits per heavy atom. The van der Waals surface area contributed by atoms with Crippen molar-refractivity contribution in [3.63, 3.8) is 0 Å². The van der Waals surface area contributed by atoms with Crippen LogP contribution in [0.4, 0.5) is 5.69 Å². The zero-order chi connectivity index (χ0) is 19.5. The zero-order valence-electron chi connectivity index (χ0n) is 16.1. The normalized spacial score (nSPS) is 15.0. The summed E-state index contributed by atoms with van der Waals surface area (Å²) < 4.78 is 6.90. The van der Waals surface area contributed by atoms with Crippen LogP contribution in [0, 0.1) is 0 Å². The first-order valence-electron chi connectivity index (χ1n) is 9.35. The van der Waals surface area contributed by atoms with Gasteiger partial charge in [0.05, 0.1) is 6.20 Å². The highest BCUT2D eigenvalue weighted by Crippen LogP contribution is 2.22. The molecule has 1 aromatic carbocycles. The van der Waals surface area contributed by atoms with Gasteiger partial charge in [0.2, 0.25) is 5.76 Å². The first-order valence-corrected chi connectivity index (χ1v) is 9.35. The molecule has 0 aliphatic carbocycles. The number of benzene rings is 1. The number of amides is 1. The van der Waals surface area contributed by atoms with Crippen molar-refractivity contribution < 1.29 is 9.32 Å². The maximum atomic E-state index is 12.5. The molecule has 4 rings (SSSR count). The highest BCUT2D eigenvalue weighted by Gasteiger charge is 2.18. The van der Waals surface area contributed by atoms with E-state index in [9.17, 15) is 4.79 Å². The number of aromatic nitrogens is 3. The van der Waals surface area contributed by atoms with Crippen molar-refractivity contribution in [2.45, 2.75) is 6.54 Å². The van der Waals surface area contributed by atoms with Gasteiger partial charge in [0.25, 0.3) is 5.91 Å². The van der Waals surface area contributed by atoms with E-state index >= 15 is 0 Å². The van der Waals surface area contributed by atoms with Crippen LogP contribution < -0.4 is 10.2 Å². The monoisotopic (exact) mass is 380 g/mol. The molecule has 1 fully saturated rings. The van der Waals surface area contributed by atoms with Gasteiger partial charge in [-0.1, -0.05) is 23.4 Å². The number of piperazine rings is 1. The Labute approximate surface area is 163 Å². The van der Waals surface area contributed by atoms with Gasteiger partial charge >= 0.3 is 0 Å². The van der Waals surface area contributed by atoms with Crippen LogP contribution >= 0.6 is 0 Å². The third-order valence-corrected chi connectivity index (χ3v) is 5.01.